The fourth-order valence-corrected chi connectivity index (χ4v) is 22.1. The molecule has 19 heteroatoms. The van der Waals surface area contributed by atoms with E-state index in [0.29, 0.717) is 43.2 Å². The van der Waals surface area contributed by atoms with Crippen LogP contribution < -0.4 is 9.47 Å². The number of hydrogen-bond donors (Lipinski definition) is 5. The van der Waals surface area contributed by atoms with E-state index in [9.17, 15) is 26.0 Å². The minimum atomic E-state index is -0.300. The first kappa shape index (κ1) is 125. The highest BCUT2D eigenvalue weighted by atomic mass is 16.6. The summed E-state index contributed by atoms with van der Waals surface area (Å²) in [6.07, 6.45) is 26.7. The lowest BCUT2D eigenvalue weighted by molar-refractivity contribution is -0.265. The van der Waals surface area contributed by atoms with Crippen molar-refractivity contribution in [2.75, 3.05) is 13.2 Å². The molecule has 0 saturated carbocycles. The smallest absolute Gasteiger partial charge is 0.119 e. The topological polar surface area (TPSA) is 200 Å². The number of piperidine rings is 5. The third-order valence-corrected chi connectivity index (χ3v) is 31.6. The van der Waals surface area contributed by atoms with Gasteiger partial charge in [-0.15, -0.1) is 0 Å². The van der Waals surface area contributed by atoms with Crippen LogP contribution in [0, 0.1) is 11.8 Å². The first-order valence-electron chi connectivity index (χ1n) is 54.3. The molecule has 3 aromatic rings. The molecule has 5 aliphatic rings. The largest absolute Gasteiger partial charge is 0.491 e. The molecule has 0 bridgehead atoms. The Hall–Kier alpha value is -3.42. The standard InChI is InChI=1S/C27H47NO2.C25H43NO4.C25H43NO2.C21H43NO4.C19H39NO2/c1-11-22(30-23-18-26(7,8)28(29)27(9,10)19-23)17-25(5,6)21-15-13-20(14-16-21)24(3,4)12-2;1-9-18(3)28-21-11-13-22(14-12-21)29-19(4)15-20(10-2)30-23-16-24(5,6)26(27)25(7,8)17-23;1-9-18(3)20-11-13-21(14-12-20)19(4)15-22(10-2)28-23-16-24(5,6)26(27)25(7,8)17-23;1-9-16(3)24-11-12-25-17(4)13-18(10-2)26-19-14-20(5,6)22(23)21(7,8)15-19;1-9-14(3)15(4)11-16(10-2)22-17-12-18(5,6)20(21)19(7,8)13-17/h13-16,22-23,29H,11-12,17-19H2,1-10H3;11-14,18-20,23,27H,9-10,15-17H2,1-8H3;11-14,18-19,22-23,27H,9-10,15-17H2,1-8H3;16-19,23H,9-15H2,1-8H3;14-17,21H,9-13H2,1-8H3. The van der Waals surface area contributed by atoms with Crippen LogP contribution in [0.4, 0.5) is 0 Å². The number of rotatable bonds is 44. The molecule has 792 valence electrons. The van der Waals surface area contributed by atoms with Crippen LogP contribution in [-0.4, -0.2) is 205 Å². The van der Waals surface area contributed by atoms with E-state index in [2.05, 4.69) is 339 Å². The second-order valence-corrected chi connectivity index (χ2v) is 50.3. The van der Waals surface area contributed by atoms with Crippen molar-refractivity contribution in [1.82, 2.24) is 25.3 Å². The minimum Gasteiger partial charge on any atom is -0.491 e. The summed E-state index contributed by atoms with van der Waals surface area (Å²) in [6, 6.07) is 26.3. The van der Waals surface area contributed by atoms with Gasteiger partial charge in [-0.2, -0.15) is 25.3 Å². The Balaban J connectivity index is 0.000000357. The van der Waals surface area contributed by atoms with Crippen LogP contribution in [0.15, 0.2) is 72.8 Å². The zero-order chi connectivity index (χ0) is 104. The van der Waals surface area contributed by atoms with Gasteiger partial charge in [-0.1, -0.05) is 180 Å². The molecular formula is C117H215N5O14. The number of hydrogen-bond acceptors (Lipinski definition) is 19. The molecule has 5 aliphatic heterocycles. The Kier molecular flexibility index (Phi) is 49.7. The highest BCUT2D eigenvalue weighted by molar-refractivity contribution is 5.33. The Labute approximate surface area is 835 Å². The maximum Gasteiger partial charge on any atom is 0.119 e. The highest BCUT2D eigenvalue weighted by Gasteiger charge is 2.52. The van der Waals surface area contributed by atoms with Gasteiger partial charge in [-0.3, -0.25) is 0 Å². The van der Waals surface area contributed by atoms with Gasteiger partial charge in [-0.25, -0.2) is 0 Å². The molecule has 136 heavy (non-hydrogen) atoms. The first-order chi connectivity index (χ1) is 62.6. The van der Waals surface area contributed by atoms with E-state index in [1.807, 2.05) is 24.3 Å². The fraction of sp³-hybridized carbons (Fsp3) is 0.846. The molecule has 3 aromatic carbocycles. The maximum absolute atomic E-state index is 10.6. The van der Waals surface area contributed by atoms with Crippen LogP contribution in [0.3, 0.4) is 0 Å². The summed E-state index contributed by atoms with van der Waals surface area (Å²) in [6.45, 7) is 92.1. The Bertz CT molecular complexity index is 3690. The van der Waals surface area contributed by atoms with Crippen molar-refractivity contribution in [3.63, 3.8) is 0 Å². The average molecular weight is 1920 g/mol. The Morgan fingerprint density at radius 3 is 0.816 bits per heavy atom. The molecule has 13 atom stereocenters. The number of nitrogens with zero attached hydrogens (tertiary/aromatic N) is 5. The Morgan fingerprint density at radius 2 is 0.537 bits per heavy atom. The van der Waals surface area contributed by atoms with Gasteiger partial charge in [-0.05, 0) is 395 Å². The number of hydroxylamine groups is 10. The van der Waals surface area contributed by atoms with Crippen molar-refractivity contribution in [3.05, 3.63) is 95.1 Å². The van der Waals surface area contributed by atoms with E-state index < -0.39 is 0 Å². The first-order valence-corrected chi connectivity index (χ1v) is 54.3. The van der Waals surface area contributed by atoms with Gasteiger partial charge in [0, 0.05) is 61.8 Å². The van der Waals surface area contributed by atoms with Gasteiger partial charge >= 0.3 is 0 Å². The normalized spacial score (nSPS) is 23.4. The van der Waals surface area contributed by atoms with Crippen LogP contribution in [0.5, 0.6) is 11.5 Å². The molecule has 0 aromatic heterocycles. The summed E-state index contributed by atoms with van der Waals surface area (Å²) in [4.78, 5) is 0. The van der Waals surface area contributed by atoms with Gasteiger partial charge in [0.05, 0.1) is 98.7 Å². The quantitative estimate of drug-likeness (QED) is 0.0334. The van der Waals surface area contributed by atoms with E-state index in [4.69, 9.17) is 42.6 Å². The average Bonchev–Trinajstić information content (AvgIpc) is 0.789. The van der Waals surface area contributed by atoms with Gasteiger partial charge in [0.1, 0.15) is 11.5 Å². The van der Waals surface area contributed by atoms with E-state index in [0.717, 1.165) is 165 Å². The summed E-state index contributed by atoms with van der Waals surface area (Å²) in [5.41, 5.74) is 3.21. The monoisotopic (exact) mass is 1910 g/mol. The molecular weight excluding hydrogens is 1700 g/mol. The summed E-state index contributed by atoms with van der Waals surface area (Å²) in [5.74, 6) is 4.29. The van der Waals surface area contributed by atoms with Crippen molar-refractivity contribution in [2.24, 2.45) is 11.8 Å². The Morgan fingerprint density at radius 1 is 0.279 bits per heavy atom. The summed E-state index contributed by atoms with van der Waals surface area (Å²) < 4.78 is 56.2. The number of ether oxygens (including phenoxy) is 9. The third kappa shape index (κ3) is 38.8. The van der Waals surface area contributed by atoms with E-state index in [1.165, 1.54) is 60.4 Å². The molecule has 19 nitrogen and oxygen atoms in total. The predicted octanol–water partition coefficient (Wildman–Crippen LogP) is 30.4. The van der Waals surface area contributed by atoms with Crippen LogP contribution in [0.2, 0.25) is 0 Å². The summed E-state index contributed by atoms with van der Waals surface area (Å²) in [5, 5.41) is 60.1. The van der Waals surface area contributed by atoms with Gasteiger partial charge in [0.15, 0.2) is 0 Å². The van der Waals surface area contributed by atoms with Gasteiger partial charge in [0.25, 0.3) is 0 Å². The highest BCUT2D eigenvalue weighted by Crippen LogP contribution is 2.46. The zero-order valence-electron chi connectivity index (χ0n) is 95.6. The third-order valence-electron chi connectivity index (χ3n) is 31.6. The molecule has 13 unspecified atom stereocenters. The van der Waals surface area contributed by atoms with E-state index in [-0.39, 0.29) is 139 Å². The lowest BCUT2D eigenvalue weighted by atomic mass is 9.76. The molecule has 5 N–H and O–H groups in total. The van der Waals surface area contributed by atoms with Crippen LogP contribution >= 0.6 is 0 Å². The SMILES string of the molecule is CCC(C)OCCOC(C)CC(CC)OC1CC(C)(C)N(O)C(C)(C)C1.CCC(C)Oc1ccc(OC(C)CC(CC)OC2CC(C)(C)N(O)C(C)(C)C2)cc1.CCC(CC(C)(C)c1ccc(C(C)(C)CC)cc1)OC1CC(C)(C)N(O)C(C)(C)C1.CCC(CC(C)C(C)CC)OC1CC(C)(C)N(O)C(C)(C)C1.CCC(CC(C)c1ccc(C(C)CC)cc1)OC1CC(C)(C)N(O)C(C)(C)C1. The molecule has 0 amide bonds. The summed E-state index contributed by atoms with van der Waals surface area (Å²) >= 11 is 0. The molecule has 0 spiro atoms. The van der Waals surface area contributed by atoms with Crippen LogP contribution in [-0.2, 0) is 44.0 Å². The fourth-order valence-electron chi connectivity index (χ4n) is 22.1. The van der Waals surface area contributed by atoms with Gasteiger partial charge < -0.3 is 68.7 Å². The number of benzene rings is 3. The molecule has 0 radical (unpaired) electrons. The molecule has 5 saturated heterocycles. The van der Waals surface area contributed by atoms with E-state index in [1.54, 1.807) is 0 Å². The lowest BCUT2D eigenvalue weighted by Gasteiger charge is -2.51. The van der Waals surface area contributed by atoms with Crippen molar-refractivity contribution < 1.29 is 68.7 Å². The molecule has 5 heterocycles. The van der Waals surface area contributed by atoms with Crippen molar-refractivity contribution >= 4 is 0 Å². The second-order valence-electron chi connectivity index (χ2n) is 50.3. The van der Waals surface area contributed by atoms with Crippen molar-refractivity contribution in [1.29, 1.82) is 0 Å². The minimum absolute atomic E-state index is 0.0511. The van der Waals surface area contributed by atoms with Gasteiger partial charge in [0.2, 0.25) is 0 Å². The predicted molar refractivity (Wildman–Crippen MR) is 566 cm³/mol. The van der Waals surface area contributed by atoms with Crippen LogP contribution in [0.25, 0.3) is 0 Å². The molecule has 8 rings (SSSR count). The maximum atomic E-state index is 10.6. The summed E-state index contributed by atoms with van der Waals surface area (Å²) in [7, 11) is 0. The molecule has 5 fully saturated rings. The van der Waals surface area contributed by atoms with Crippen LogP contribution in [0.1, 0.15) is 485 Å². The van der Waals surface area contributed by atoms with Crippen molar-refractivity contribution in [3.8, 4) is 11.5 Å². The van der Waals surface area contributed by atoms with E-state index >= 15 is 0 Å². The lowest BCUT2D eigenvalue weighted by Crippen LogP contribution is -2.60. The zero-order valence-corrected chi connectivity index (χ0v) is 95.6. The van der Waals surface area contributed by atoms with Crippen molar-refractivity contribution in [2.45, 2.75) is 615 Å². The second kappa shape index (κ2) is 54.1. The molecule has 0 aliphatic carbocycles.